The first-order valence-corrected chi connectivity index (χ1v) is 13.5. The quantitative estimate of drug-likeness (QED) is 0.338. The molecule has 1 saturated heterocycles. The van der Waals surface area contributed by atoms with E-state index in [-0.39, 0.29) is 54.3 Å². The molecule has 2 aromatic carbocycles. The van der Waals surface area contributed by atoms with Crippen LogP contribution in [-0.2, 0) is 12.8 Å². The van der Waals surface area contributed by atoms with E-state index in [2.05, 4.69) is 15.0 Å². The van der Waals surface area contributed by atoms with Crippen molar-refractivity contribution in [1.82, 2.24) is 24.4 Å². The molecule has 12 heteroatoms. The molecule has 9 nitrogen and oxygen atoms in total. The molecule has 2 aromatic heterocycles. The lowest BCUT2D eigenvalue weighted by Crippen LogP contribution is -2.55. The molecule has 2 atom stereocenters. The maximum atomic E-state index is 14.3. The lowest BCUT2D eigenvalue weighted by molar-refractivity contribution is -0.143. The average Bonchev–Trinajstić information content (AvgIpc) is 3.39. The number of halogens is 3. The Bertz CT molecular complexity index is 1590. The van der Waals surface area contributed by atoms with Gasteiger partial charge in [0, 0.05) is 42.4 Å². The molecule has 5 rings (SSSR count). The normalized spacial score (nSPS) is 17.0. The topological polar surface area (TPSA) is 103 Å². The smallest absolute Gasteiger partial charge is 0.433 e. The summed E-state index contributed by atoms with van der Waals surface area (Å²) in [5.41, 5.74) is 0.593. The van der Waals surface area contributed by atoms with Crippen LogP contribution < -0.4 is 4.74 Å². The van der Waals surface area contributed by atoms with Crippen LogP contribution in [0.2, 0.25) is 0 Å². The van der Waals surface area contributed by atoms with Crippen LogP contribution in [-0.4, -0.2) is 79.9 Å². The molecule has 1 amide bonds. The second kappa shape index (κ2) is 11.7. The Hall–Kier alpha value is -4.00. The van der Waals surface area contributed by atoms with Crippen molar-refractivity contribution in [1.29, 1.82) is 0 Å². The van der Waals surface area contributed by atoms with E-state index < -0.39 is 17.8 Å². The third-order valence-corrected chi connectivity index (χ3v) is 7.82. The van der Waals surface area contributed by atoms with Crippen molar-refractivity contribution in [3.63, 3.8) is 0 Å². The fourth-order valence-electron chi connectivity index (χ4n) is 5.68. The van der Waals surface area contributed by atoms with Gasteiger partial charge in [0.25, 0.3) is 5.91 Å². The van der Waals surface area contributed by atoms with Crippen LogP contribution in [0.3, 0.4) is 0 Å². The van der Waals surface area contributed by atoms with Gasteiger partial charge in [-0.05, 0) is 25.5 Å². The summed E-state index contributed by atoms with van der Waals surface area (Å²) >= 11 is 0. The highest BCUT2D eigenvalue weighted by Crippen LogP contribution is 2.37. The number of aliphatic hydroxyl groups is 2. The van der Waals surface area contributed by atoms with E-state index in [1.54, 1.807) is 36.3 Å². The predicted molar refractivity (Wildman–Crippen MR) is 149 cm³/mol. The Morgan fingerprint density at radius 1 is 1.12 bits per heavy atom. The van der Waals surface area contributed by atoms with E-state index in [1.807, 2.05) is 31.2 Å². The molecule has 1 fully saturated rings. The van der Waals surface area contributed by atoms with Gasteiger partial charge in [-0.25, -0.2) is 9.50 Å². The maximum Gasteiger partial charge on any atom is 0.433 e. The highest BCUT2D eigenvalue weighted by molar-refractivity contribution is 6.00. The first kappa shape index (κ1) is 29.5. The Labute approximate surface area is 240 Å². The number of hydrogen-bond acceptors (Lipinski definition) is 7. The standard InChI is InChI=1S/C30H32F3N5O4/c1-18-15-36(24(17-40)22-6-4-5-7-25(22)42-3)12-13-37(18)29(41)23-14-34-38-27(30(31,32)33)19(2)26(35-28(23)38)21-10-8-20(16-39)9-11-21/h4-11,14,18,24,39-40H,12-13,15-17H2,1-3H3/t18-,24-/m1/s1. The lowest BCUT2D eigenvalue weighted by Gasteiger charge is -2.43. The van der Waals surface area contributed by atoms with Crippen molar-refractivity contribution < 1.29 is 32.9 Å². The van der Waals surface area contributed by atoms with E-state index >= 15 is 0 Å². The Morgan fingerprint density at radius 2 is 1.83 bits per heavy atom. The molecule has 222 valence electrons. The molecule has 0 bridgehead atoms. The second-order valence-corrected chi connectivity index (χ2v) is 10.4. The molecule has 0 unspecified atom stereocenters. The highest BCUT2D eigenvalue weighted by atomic mass is 19.4. The number of carbonyl (C=O) groups excluding carboxylic acids is 1. The number of rotatable bonds is 7. The van der Waals surface area contributed by atoms with Crippen LogP contribution >= 0.6 is 0 Å². The van der Waals surface area contributed by atoms with Crippen molar-refractivity contribution in [3.8, 4) is 17.0 Å². The van der Waals surface area contributed by atoms with Gasteiger partial charge in [-0.15, -0.1) is 0 Å². The minimum Gasteiger partial charge on any atom is -0.496 e. The van der Waals surface area contributed by atoms with Gasteiger partial charge in [0.15, 0.2) is 11.3 Å². The molecule has 1 aliphatic rings. The molecule has 1 aliphatic heterocycles. The highest BCUT2D eigenvalue weighted by Gasteiger charge is 2.40. The molecule has 3 heterocycles. The van der Waals surface area contributed by atoms with E-state index in [1.165, 1.54) is 6.92 Å². The molecule has 42 heavy (non-hydrogen) atoms. The fourth-order valence-corrected chi connectivity index (χ4v) is 5.68. The van der Waals surface area contributed by atoms with Gasteiger partial charge in [0.1, 0.15) is 11.3 Å². The van der Waals surface area contributed by atoms with Crippen LogP contribution in [0.15, 0.2) is 54.7 Å². The maximum absolute atomic E-state index is 14.3. The zero-order valence-corrected chi connectivity index (χ0v) is 23.5. The number of carbonyl (C=O) groups is 1. The van der Waals surface area contributed by atoms with E-state index in [9.17, 15) is 28.2 Å². The molecule has 0 aliphatic carbocycles. The van der Waals surface area contributed by atoms with Crippen LogP contribution in [0.1, 0.15) is 45.7 Å². The van der Waals surface area contributed by atoms with Crippen molar-refractivity contribution in [2.75, 3.05) is 33.4 Å². The average molecular weight is 584 g/mol. The Morgan fingerprint density at radius 3 is 2.45 bits per heavy atom. The van der Waals surface area contributed by atoms with Crippen LogP contribution in [0.25, 0.3) is 16.9 Å². The van der Waals surface area contributed by atoms with Gasteiger partial charge < -0.3 is 19.8 Å². The lowest BCUT2D eigenvalue weighted by atomic mass is 10.0. The number of aliphatic hydroxyl groups excluding tert-OH is 2. The van der Waals surface area contributed by atoms with Crippen molar-refractivity contribution in [2.45, 2.75) is 38.7 Å². The van der Waals surface area contributed by atoms with Gasteiger partial charge in [0.05, 0.1) is 38.3 Å². The van der Waals surface area contributed by atoms with E-state index in [4.69, 9.17) is 4.74 Å². The van der Waals surface area contributed by atoms with Crippen LogP contribution in [0, 0.1) is 6.92 Å². The minimum atomic E-state index is -4.76. The fraction of sp³-hybridized carbons (Fsp3) is 0.367. The number of hydrogen-bond donors (Lipinski definition) is 2. The number of methoxy groups -OCH3 is 1. The molecule has 0 spiro atoms. The second-order valence-electron chi connectivity index (χ2n) is 10.4. The number of ether oxygens (including phenoxy) is 1. The van der Waals surface area contributed by atoms with Gasteiger partial charge in [0.2, 0.25) is 0 Å². The number of fused-ring (bicyclic) bond motifs is 1. The number of amides is 1. The zero-order valence-electron chi connectivity index (χ0n) is 23.5. The van der Waals surface area contributed by atoms with Crippen LogP contribution in [0.4, 0.5) is 13.2 Å². The summed E-state index contributed by atoms with van der Waals surface area (Å²) in [7, 11) is 1.57. The SMILES string of the molecule is COc1ccccc1[C@@H](CO)N1CCN(C(=O)c2cnn3c(C(F)(F)F)c(C)c(-c4ccc(CO)cc4)nc23)[C@H](C)C1. The number of alkyl halides is 3. The van der Waals surface area contributed by atoms with Gasteiger partial charge in [-0.1, -0.05) is 42.5 Å². The van der Waals surface area contributed by atoms with Gasteiger partial charge in [-0.2, -0.15) is 18.3 Å². The number of aromatic nitrogens is 3. The minimum absolute atomic E-state index is 0.0301. The Kier molecular flexibility index (Phi) is 8.22. The predicted octanol–water partition coefficient (Wildman–Crippen LogP) is 4.10. The zero-order chi connectivity index (χ0) is 30.2. The largest absolute Gasteiger partial charge is 0.496 e. The first-order chi connectivity index (χ1) is 20.1. The summed E-state index contributed by atoms with van der Waals surface area (Å²) in [5, 5.41) is 23.6. The van der Waals surface area contributed by atoms with Gasteiger partial charge >= 0.3 is 6.18 Å². The van der Waals surface area contributed by atoms with E-state index in [0.717, 1.165) is 11.8 Å². The Balaban J connectivity index is 1.48. The number of piperazine rings is 1. The summed E-state index contributed by atoms with van der Waals surface area (Å²) in [6.45, 7) is 3.98. The molecule has 2 N–H and O–H groups in total. The third kappa shape index (κ3) is 5.33. The summed E-state index contributed by atoms with van der Waals surface area (Å²) in [4.78, 5) is 22.0. The molecule has 0 radical (unpaired) electrons. The van der Waals surface area contributed by atoms with E-state index in [0.29, 0.717) is 34.5 Å². The van der Waals surface area contributed by atoms with Crippen molar-refractivity contribution in [3.05, 3.63) is 82.7 Å². The monoisotopic (exact) mass is 583 g/mol. The summed E-state index contributed by atoms with van der Waals surface area (Å²) in [6, 6.07) is 13.2. The summed E-state index contributed by atoms with van der Waals surface area (Å²) < 4.78 is 49.1. The number of para-hydroxylation sites is 1. The molecule has 0 saturated carbocycles. The van der Waals surface area contributed by atoms with Crippen molar-refractivity contribution in [2.24, 2.45) is 0 Å². The third-order valence-electron chi connectivity index (χ3n) is 7.82. The van der Waals surface area contributed by atoms with Crippen molar-refractivity contribution >= 4 is 11.6 Å². The van der Waals surface area contributed by atoms with Gasteiger partial charge in [-0.3, -0.25) is 9.69 Å². The van der Waals surface area contributed by atoms with Crippen LogP contribution in [0.5, 0.6) is 5.75 Å². The molecule has 4 aromatic rings. The first-order valence-electron chi connectivity index (χ1n) is 13.5. The number of benzene rings is 2. The summed E-state index contributed by atoms with van der Waals surface area (Å²) in [5.74, 6) is 0.179. The summed E-state index contributed by atoms with van der Waals surface area (Å²) in [6.07, 6.45) is -3.61. The molecular formula is C30H32F3N5O4. The molecular weight excluding hydrogens is 551 g/mol. The number of nitrogens with zero attached hydrogens (tertiary/aromatic N) is 5.